The van der Waals surface area contributed by atoms with Gasteiger partial charge in [0.05, 0.1) is 18.8 Å². The zero-order valence-corrected chi connectivity index (χ0v) is 16.4. The van der Waals surface area contributed by atoms with Crippen LogP contribution in [0, 0.1) is 0 Å². The lowest BCUT2D eigenvalue weighted by atomic mass is 10.1. The van der Waals surface area contributed by atoms with E-state index in [9.17, 15) is 18.0 Å². The fraction of sp³-hybridized carbons (Fsp3) is 0.278. The number of furan rings is 1. The van der Waals surface area contributed by atoms with E-state index in [-0.39, 0.29) is 23.0 Å². The molecule has 1 amide bonds. The molecule has 0 saturated carbocycles. The summed E-state index contributed by atoms with van der Waals surface area (Å²) in [6.45, 7) is 3.53. The van der Waals surface area contributed by atoms with Crippen molar-refractivity contribution in [1.29, 1.82) is 0 Å². The third kappa shape index (κ3) is 4.86. The standard InChI is InChI=1S/C18H16F3N3O4S/c1-9(2)27-16-23-17(29-24-16)22-15(25)12-8-13(28-14(12)18(19,20)21)10-5-4-6-11(7-10)26-3/h4-9H,1-3H3,(H,22,23,24,25). The van der Waals surface area contributed by atoms with E-state index >= 15 is 0 Å². The first-order valence-corrected chi connectivity index (χ1v) is 9.12. The van der Waals surface area contributed by atoms with Crippen molar-refractivity contribution in [2.45, 2.75) is 26.1 Å². The molecule has 1 N–H and O–H groups in total. The second kappa shape index (κ2) is 8.11. The molecule has 0 bridgehead atoms. The Morgan fingerprint density at radius 2 is 2.03 bits per heavy atom. The fourth-order valence-corrected chi connectivity index (χ4v) is 2.88. The average Bonchev–Trinajstić information content (AvgIpc) is 3.28. The van der Waals surface area contributed by atoms with Crippen LogP contribution in [-0.2, 0) is 6.18 Å². The van der Waals surface area contributed by atoms with Gasteiger partial charge in [0.15, 0.2) is 0 Å². The second-order valence-electron chi connectivity index (χ2n) is 6.09. The number of halogens is 3. The normalized spacial score (nSPS) is 11.6. The van der Waals surface area contributed by atoms with Gasteiger partial charge in [0.1, 0.15) is 11.5 Å². The monoisotopic (exact) mass is 427 g/mol. The van der Waals surface area contributed by atoms with Gasteiger partial charge in [0.2, 0.25) is 10.9 Å². The third-order valence-electron chi connectivity index (χ3n) is 3.56. The van der Waals surface area contributed by atoms with Crippen LogP contribution in [0.4, 0.5) is 18.3 Å². The molecule has 0 aliphatic carbocycles. The van der Waals surface area contributed by atoms with E-state index in [1.165, 1.54) is 13.2 Å². The summed E-state index contributed by atoms with van der Waals surface area (Å²) in [7, 11) is 1.43. The van der Waals surface area contributed by atoms with Gasteiger partial charge in [-0.15, -0.1) is 4.37 Å². The molecule has 29 heavy (non-hydrogen) atoms. The Balaban J connectivity index is 1.91. The number of nitrogens with one attached hydrogen (secondary N) is 1. The number of alkyl halides is 3. The summed E-state index contributed by atoms with van der Waals surface area (Å²) < 4.78 is 59.5. The lowest BCUT2D eigenvalue weighted by Crippen LogP contribution is -2.16. The van der Waals surface area contributed by atoms with Crippen LogP contribution in [0.1, 0.15) is 30.0 Å². The van der Waals surface area contributed by atoms with Crippen molar-refractivity contribution in [3.8, 4) is 23.1 Å². The van der Waals surface area contributed by atoms with Gasteiger partial charge >= 0.3 is 12.2 Å². The van der Waals surface area contributed by atoms with Gasteiger partial charge in [0, 0.05) is 17.1 Å². The molecule has 0 saturated heterocycles. The Morgan fingerprint density at radius 3 is 2.69 bits per heavy atom. The first kappa shape index (κ1) is 20.6. The lowest BCUT2D eigenvalue weighted by molar-refractivity contribution is -0.153. The number of hydrogen-bond donors (Lipinski definition) is 1. The van der Waals surface area contributed by atoms with Crippen molar-refractivity contribution in [2.75, 3.05) is 12.4 Å². The minimum Gasteiger partial charge on any atom is -0.497 e. The Morgan fingerprint density at radius 1 is 1.28 bits per heavy atom. The van der Waals surface area contributed by atoms with Crippen LogP contribution in [0.25, 0.3) is 11.3 Å². The summed E-state index contributed by atoms with van der Waals surface area (Å²) in [6, 6.07) is 7.34. The maximum absolute atomic E-state index is 13.4. The summed E-state index contributed by atoms with van der Waals surface area (Å²) in [4.78, 5) is 16.4. The molecule has 11 heteroatoms. The molecule has 3 rings (SSSR count). The molecule has 0 aliphatic heterocycles. The molecule has 0 fully saturated rings. The van der Waals surface area contributed by atoms with E-state index < -0.39 is 23.4 Å². The number of anilines is 1. The quantitative estimate of drug-likeness (QED) is 0.604. The summed E-state index contributed by atoms with van der Waals surface area (Å²) in [6.07, 6.45) is -5.05. The number of methoxy groups -OCH3 is 1. The second-order valence-corrected chi connectivity index (χ2v) is 6.84. The van der Waals surface area contributed by atoms with Gasteiger partial charge in [-0.25, -0.2) is 0 Å². The summed E-state index contributed by atoms with van der Waals surface area (Å²) in [5.41, 5.74) is -0.339. The van der Waals surface area contributed by atoms with Crippen LogP contribution in [0.2, 0.25) is 0 Å². The minimum absolute atomic E-state index is 0.00269. The summed E-state index contributed by atoms with van der Waals surface area (Å²) >= 11 is 0.790. The topological polar surface area (TPSA) is 86.5 Å². The third-order valence-corrected chi connectivity index (χ3v) is 4.17. The molecule has 0 radical (unpaired) electrons. The van der Waals surface area contributed by atoms with Crippen molar-refractivity contribution in [3.05, 3.63) is 41.7 Å². The van der Waals surface area contributed by atoms with E-state index in [2.05, 4.69) is 14.7 Å². The largest absolute Gasteiger partial charge is 0.497 e. The van der Waals surface area contributed by atoms with Crippen LogP contribution in [0.15, 0.2) is 34.7 Å². The van der Waals surface area contributed by atoms with E-state index in [0.717, 1.165) is 17.6 Å². The highest BCUT2D eigenvalue weighted by molar-refractivity contribution is 7.10. The molecule has 0 spiro atoms. The molecule has 7 nitrogen and oxygen atoms in total. The van der Waals surface area contributed by atoms with Crippen LogP contribution in [0.3, 0.4) is 0 Å². The van der Waals surface area contributed by atoms with Gasteiger partial charge in [-0.1, -0.05) is 12.1 Å². The van der Waals surface area contributed by atoms with Gasteiger partial charge < -0.3 is 13.9 Å². The average molecular weight is 427 g/mol. The lowest BCUT2D eigenvalue weighted by Gasteiger charge is -2.06. The Labute approximate surface area is 167 Å². The SMILES string of the molecule is COc1cccc(-c2cc(C(=O)Nc3nc(OC(C)C)ns3)c(C(F)(F)F)o2)c1. The molecule has 0 unspecified atom stereocenters. The molecule has 0 aliphatic rings. The van der Waals surface area contributed by atoms with E-state index in [1.807, 2.05) is 0 Å². The van der Waals surface area contributed by atoms with E-state index in [0.29, 0.717) is 11.3 Å². The first-order chi connectivity index (χ1) is 13.7. The van der Waals surface area contributed by atoms with Gasteiger partial charge in [0.25, 0.3) is 5.91 Å². The maximum atomic E-state index is 13.4. The number of carbonyl (C=O) groups is 1. The number of ether oxygens (including phenoxy) is 2. The molecule has 3 aromatic rings. The number of rotatable bonds is 6. The minimum atomic E-state index is -4.86. The Hall–Kier alpha value is -3.08. The predicted octanol–water partition coefficient (Wildman–Crippen LogP) is 4.87. The molecule has 0 atom stereocenters. The number of benzene rings is 1. The van der Waals surface area contributed by atoms with Crippen molar-refractivity contribution in [1.82, 2.24) is 9.36 Å². The fourth-order valence-electron chi connectivity index (χ4n) is 2.37. The number of carbonyl (C=O) groups excluding carboxylic acids is 1. The maximum Gasteiger partial charge on any atom is 0.450 e. The smallest absolute Gasteiger partial charge is 0.450 e. The van der Waals surface area contributed by atoms with Crippen LogP contribution >= 0.6 is 11.5 Å². The van der Waals surface area contributed by atoms with Gasteiger partial charge in [-0.3, -0.25) is 10.1 Å². The number of nitrogens with zero attached hydrogens (tertiary/aromatic N) is 2. The zero-order valence-electron chi connectivity index (χ0n) is 15.5. The predicted molar refractivity (Wildman–Crippen MR) is 99.3 cm³/mol. The van der Waals surface area contributed by atoms with Crippen molar-refractivity contribution < 1.29 is 31.9 Å². The molecule has 2 aromatic heterocycles. The first-order valence-electron chi connectivity index (χ1n) is 8.34. The molecule has 154 valence electrons. The van der Waals surface area contributed by atoms with Crippen molar-refractivity contribution in [2.24, 2.45) is 0 Å². The Kier molecular flexibility index (Phi) is 5.78. The molecule has 2 heterocycles. The molecular weight excluding hydrogens is 411 g/mol. The van der Waals surface area contributed by atoms with E-state index in [1.54, 1.807) is 32.0 Å². The number of aromatic nitrogens is 2. The highest BCUT2D eigenvalue weighted by atomic mass is 32.1. The van der Waals surface area contributed by atoms with Gasteiger partial charge in [-0.05, 0) is 32.0 Å². The molecular formula is C18H16F3N3O4S. The number of amides is 1. The van der Waals surface area contributed by atoms with Crippen molar-refractivity contribution in [3.63, 3.8) is 0 Å². The van der Waals surface area contributed by atoms with Gasteiger partial charge in [-0.2, -0.15) is 18.2 Å². The van der Waals surface area contributed by atoms with Crippen molar-refractivity contribution >= 4 is 22.6 Å². The van der Waals surface area contributed by atoms with Crippen LogP contribution < -0.4 is 14.8 Å². The van der Waals surface area contributed by atoms with Crippen LogP contribution in [0.5, 0.6) is 11.8 Å². The summed E-state index contributed by atoms with van der Waals surface area (Å²) in [5, 5.41) is 2.30. The molecule has 1 aromatic carbocycles. The van der Waals surface area contributed by atoms with E-state index in [4.69, 9.17) is 13.9 Å². The highest BCUT2D eigenvalue weighted by Crippen LogP contribution is 2.38. The Bertz CT molecular complexity index is 1010. The summed E-state index contributed by atoms with van der Waals surface area (Å²) in [5.74, 6) is -2.12. The zero-order chi connectivity index (χ0) is 21.2. The number of hydrogen-bond acceptors (Lipinski definition) is 7. The van der Waals surface area contributed by atoms with Crippen LogP contribution in [-0.4, -0.2) is 28.5 Å². The highest BCUT2D eigenvalue weighted by Gasteiger charge is 2.40.